The SMILES string of the molecule is CCCC(=O)OSCc1cc(N=[N+]=[N-])ccn1. The van der Waals surface area contributed by atoms with Crippen LogP contribution in [-0.4, -0.2) is 11.0 Å². The topological polar surface area (TPSA) is 88.0 Å². The fourth-order valence-electron chi connectivity index (χ4n) is 1.06. The van der Waals surface area contributed by atoms with Crippen LogP contribution in [-0.2, 0) is 14.7 Å². The van der Waals surface area contributed by atoms with Crippen LogP contribution in [0.2, 0.25) is 0 Å². The molecule has 1 aromatic rings. The van der Waals surface area contributed by atoms with E-state index in [2.05, 4.69) is 15.0 Å². The molecule has 0 unspecified atom stereocenters. The Morgan fingerprint density at radius 2 is 2.53 bits per heavy atom. The van der Waals surface area contributed by atoms with Crippen molar-refractivity contribution >= 4 is 23.7 Å². The minimum absolute atomic E-state index is 0.233. The summed E-state index contributed by atoms with van der Waals surface area (Å²) < 4.78 is 4.92. The number of pyridine rings is 1. The zero-order valence-electron chi connectivity index (χ0n) is 9.37. The van der Waals surface area contributed by atoms with E-state index in [-0.39, 0.29) is 5.97 Å². The lowest BCUT2D eigenvalue weighted by Crippen LogP contribution is -1.97. The highest BCUT2D eigenvalue weighted by atomic mass is 32.2. The highest BCUT2D eigenvalue weighted by molar-refractivity contribution is 7.94. The molecule has 0 amide bonds. The third-order valence-electron chi connectivity index (χ3n) is 1.77. The summed E-state index contributed by atoms with van der Waals surface area (Å²) in [5.74, 6) is 0.202. The first-order valence-electron chi connectivity index (χ1n) is 5.08. The lowest BCUT2D eigenvalue weighted by atomic mass is 10.3. The van der Waals surface area contributed by atoms with E-state index in [1.165, 1.54) is 0 Å². The molecule has 0 aliphatic rings. The van der Waals surface area contributed by atoms with Crippen molar-refractivity contribution in [3.05, 3.63) is 34.5 Å². The Balaban J connectivity index is 2.43. The van der Waals surface area contributed by atoms with Crippen LogP contribution in [0.25, 0.3) is 10.4 Å². The van der Waals surface area contributed by atoms with Gasteiger partial charge in [0.2, 0.25) is 0 Å². The summed E-state index contributed by atoms with van der Waals surface area (Å²) in [4.78, 5) is 17.8. The Bertz CT molecular complexity index is 432. The summed E-state index contributed by atoms with van der Waals surface area (Å²) in [7, 11) is 0. The van der Waals surface area contributed by atoms with Gasteiger partial charge in [0.05, 0.1) is 23.5 Å². The molecular formula is C10H12N4O2S. The molecule has 0 aromatic carbocycles. The standard InChI is InChI=1S/C10H12N4O2S/c1-2-3-10(15)16-17-7-9-6-8(13-14-11)4-5-12-9/h4-6H,2-3,7H2,1H3. The normalized spacial score (nSPS) is 9.47. The maximum Gasteiger partial charge on any atom is 0.317 e. The highest BCUT2D eigenvalue weighted by Gasteiger charge is 2.03. The number of azide groups is 1. The molecule has 0 saturated carbocycles. The van der Waals surface area contributed by atoms with Crippen LogP contribution in [0.5, 0.6) is 0 Å². The Hall–Kier alpha value is -1.72. The van der Waals surface area contributed by atoms with Crippen molar-refractivity contribution in [3.8, 4) is 0 Å². The first-order chi connectivity index (χ1) is 8.26. The second-order valence-electron chi connectivity index (χ2n) is 3.16. The number of hydrogen-bond donors (Lipinski definition) is 0. The molecule has 0 radical (unpaired) electrons. The second kappa shape index (κ2) is 7.54. The number of aromatic nitrogens is 1. The van der Waals surface area contributed by atoms with Gasteiger partial charge in [0.15, 0.2) is 0 Å². The fraction of sp³-hybridized carbons (Fsp3) is 0.400. The summed E-state index contributed by atoms with van der Waals surface area (Å²) in [6.45, 7) is 1.91. The molecule has 6 nitrogen and oxygen atoms in total. The molecule has 17 heavy (non-hydrogen) atoms. The van der Waals surface area contributed by atoms with Crippen molar-refractivity contribution in [2.24, 2.45) is 5.11 Å². The van der Waals surface area contributed by atoms with Crippen molar-refractivity contribution < 1.29 is 8.98 Å². The van der Waals surface area contributed by atoms with Gasteiger partial charge in [-0.3, -0.25) is 9.78 Å². The Labute approximate surface area is 103 Å². The van der Waals surface area contributed by atoms with E-state index in [0.29, 0.717) is 23.6 Å². The molecule has 0 spiro atoms. The van der Waals surface area contributed by atoms with Gasteiger partial charge in [-0.15, -0.1) is 0 Å². The van der Waals surface area contributed by atoms with Gasteiger partial charge >= 0.3 is 5.97 Å². The van der Waals surface area contributed by atoms with Crippen molar-refractivity contribution in [1.82, 2.24) is 4.98 Å². The van der Waals surface area contributed by atoms with Crippen molar-refractivity contribution in [2.75, 3.05) is 0 Å². The quantitative estimate of drug-likeness (QED) is 0.335. The summed E-state index contributed by atoms with van der Waals surface area (Å²) in [6.07, 6.45) is 2.73. The van der Waals surface area contributed by atoms with E-state index < -0.39 is 0 Å². The Kier molecular flexibility index (Phi) is 5.92. The maximum absolute atomic E-state index is 11.1. The zero-order valence-corrected chi connectivity index (χ0v) is 10.2. The molecule has 0 aliphatic carbocycles. The molecule has 0 atom stereocenters. The van der Waals surface area contributed by atoms with E-state index in [9.17, 15) is 4.79 Å². The van der Waals surface area contributed by atoms with Gasteiger partial charge < -0.3 is 4.18 Å². The lowest BCUT2D eigenvalue weighted by molar-refractivity contribution is -0.133. The number of nitrogens with zero attached hydrogens (tertiary/aromatic N) is 4. The van der Waals surface area contributed by atoms with E-state index in [0.717, 1.165) is 18.5 Å². The molecule has 90 valence electrons. The van der Waals surface area contributed by atoms with Crippen molar-refractivity contribution in [1.29, 1.82) is 0 Å². The predicted molar refractivity (Wildman–Crippen MR) is 65.3 cm³/mol. The number of carbonyl (C=O) groups excluding carboxylic acids is 1. The van der Waals surface area contributed by atoms with E-state index in [1.54, 1.807) is 18.3 Å². The van der Waals surface area contributed by atoms with E-state index >= 15 is 0 Å². The van der Waals surface area contributed by atoms with Crippen LogP contribution in [0.4, 0.5) is 5.69 Å². The van der Waals surface area contributed by atoms with Crippen molar-refractivity contribution in [3.63, 3.8) is 0 Å². The molecule has 1 heterocycles. The number of hydrogen-bond acceptors (Lipinski definition) is 5. The number of rotatable bonds is 6. The summed E-state index contributed by atoms with van der Waals surface area (Å²) >= 11 is 1.03. The predicted octanol–water partition coefficient (Wildman–Crippen LogP) is 3.51. The van der Waals surface area contributed by atoms with Crippen molar-refractivity contribution in [2.45, 2.75) is 25.5 Å². The first kappa shape index (κ1) is 13.3. The largest absolute Gasteiger partial charge is 0.391 e. The van der Waals surface area contributed by atoms with Crippen LogP contribution in [0.1, 0.15) is 25.5 Å². The lowest BCUT2D eigenvalue weighted by Gasteiger charge is -2.02. The Morgan fingerprint density at radius 3 is 3.24 bits per heavy atom. The zero-order chi connectivity index (χ0) is 12.5. The molecule has 0 saturated heterocycles. The van der Waals surface area contributed by atoms with Crippen LogP contribution in [0.15, 0.2) is 23.4 Å². The third kappa shape index (κ3) is 5.24. The highest BCUT2D eigenvalue weighted by Crippen LogP contribution is 2.17. The Morgan fingerprint density at radius 1 is 1.71 bits per heavy atom. The maximum atomic E-state index is 11.1. The average molecular weight is 252 g/mol. The van der Waals surface area contributed by atoms with Gasteiger partial charge in [-0.1, -0.05) is 12.0 Å². The van der Waals surface area contributed by atoms with Gasteiger partial charge in [0, 0.05) is 23.2 Å². The van der Waals surface area contributed by atoms with E-state index in [1.807, 2.05) is 6.92 Å². The second-order valence-corrected chi connectivity index (χ2v) is 3.85. The molecule has 7 heteroatoms. The van der Waals surface area contributed by atoms with Gasteiger partial charge in [0.1, 0.15) is 0 Å². The summed E-state index contributed by atoms with van der Waals surface area (Å²) in [6, 6.07) is 3.26. The fourth-order valence-corrected chi connectivity index (χ4v) is 1.61. The molecule has 0 aliphatic heterocycles. The van der Waals surface area contributed by atoms with Gasteiger partial charge in [-0.25, -0.2) is 0 Å². The smallest absolute Gasteiger partial charge is 0.317 e. The van der Waals surface area contributed by atoms with Gasteiger partial charge in [-0.05, 0) is 24.1 Å². The molecule has 1 rings (SSSR count). The first-order valence-corrected chi connectivity index (χ1v) is 5.99. The summed E-state index contributed by atoms with van der Waals surface area (Å²) in [5, 5.41) is 3.46. The van der Waals surface area contributed by atoms with Crippen LogP contribution >= 0.6 is 12.0 Å². The summed E-state index contributed by atoms with van der Waals surface area (Å²) in [5.41, 5.74) is 9.48. The average Bonchev–Trinajstić information content (AvgIpc) is 2.30. The molecule has 0 N–H and O–H groups in total. The minimum atomic E-state index is -0.233. The van der Waals surface area contributed by atoms with Crippen LogP contribution < -0.4 is 0 Å². The van der Waals surface area contributed by atoms with Gasteiger partial charge in [-0.2, -0.15) is 0 Å². The molecule has 0 fully saturated rings. The molecular weight excluding hydrogens is 240 g/mol. The molecule has 0 bridgehead atoms. The minimum Gasteiger partial charge on any atom is -0.391 e. The monoisotopic (exact) mass is 252 g/mol. The van der Waals surface area contributed by atoms with Crippen LogP contribution in [0.3, 0.4) is 0 Å². The number of carbonyl (C=O) groups is 1. The van der Waals surface area contributed by atoms with Crippen LogP contribution in [0, 0.1) is 0 Å². The molecule has 1 aromatic heterocycles. The van der Waals surface area contributed by atoms with E-state index in [4.69, 9.17) is 9.71 Å². The van der Waals surface area contributed by atoms with Gasteiger partial charge in [0.25, 0.3) is 0 Å². The third-order valence-corrected chi connectivity index (χ3v) is 2.49.